The van der Waals surface area contributed by atoms with E-state index in [2.05, 4.69) is 20.7 Å². The number of esters is 1. The fourth-order valence-electron chi connectivity index (χ4n) is 2.06. The van der Waals surface area contributed by atoms with Gasteiger partial charge in [-0.15, -0.1) is 0 Å². The van der Waals surface area contributed by atoms with Crippen molar-refractivity contribution in [1.82, 2.24) is 0 Å². The number of hydrogen-bond acceptors (Lipinski definition) is 5. The average molecular weight is 397 g/mol. The summed E-state index contributed by atoms with van der Waals surface area (Å²) >= 11 is 3.28. The first-order valence-corrected chi connectivity index (χ1v) is 9.02. The highest BCUT2D eigenvalue weighted by atomic mass is 79.9. The van der Waals surface area contributed by atoms with Gasteiger partial charge in [0, 0.05) is 28.1 Å². The van der Waals surface area contributed by atoms with Crippen molar-refractivity contribution in [3.8, 4) is 0 Å². The van der Waals surface area contributed by atoms with Crippen molar-refractivity contribution >= 4 is 53.2 Å². The zero-order chi connectivity index (χ0) is 15.8. The fourth-order valence-corrected chi connectivity index (χ4v) is 3.55. The fraction of sp³-hybridized carbons (Fsp3) is 0.333. The van der Waals surface area contributed by atoms with Crippen LogP contribution in [0.3, 0.4) is 0 Å². The van der Waals surface area contributed by atoms with Gasteiger partial charge in [0.05, 0.1) is 18.4 Å². The number of nitrogens with zero attached hydrogens (tertiary/aromatic N) is 1. The van der Waals surface area contributed by atoms with Gasteiger partial charge in [0.25, 0.3) is 0 Å². The van der Waals surface area contributed by atoms with E-state index in [1.54, 1.807) is 6.07 Å². The molecule has 2 rings (SSSR count). The molecule has 1 fully saturated rings. The molecule has 0 aromatic heterocycles. The third-order valence-corrected chi connectivity index (χ3v) is 5.68. The molecule has 0 saturated carbocycles. The first-order valence-electron chi connectivity index (χ1n) is 5.85. The second-order valence-electron chi connectivity index (χ2n) is 4.46. The van der Waals surface area contributed by atoms with Crippen molar-refractivity contribution in [2.45, 2.75) is 11.7 Å². The maximum Gasteiger partial charge on any atom is 0.337 e. The second kappa shape index (κ2) is 5.94. The van der Waals surface area contributed by atoms with Gasteiger partial charge in [-0.25, -0.2) is 13.2 Å². The average Bonchev–Trinajstić information content (AvgIpc) is 2.80. The van der Waals surface area contributed by atoms with Crippen LogP contribution in [0.5, 0.6) is 0 Å². The number of carbonyl (C=O) groups is 2. The molecule has 0 aliphatic carbocycles. The van der Waals surface area contributed by atoms with E-state index in [0.29, 0.717) is 10.2 Å². The zero-order valence-electron chi connectivity index (χ0n) is 10.9. The number of halogens is 2. The molecule has 0 bridgehead atoms. The van der Waals surface area contributed by atoms with Gasteiger partial charge < -0.3 is 9.64 Å². The number of hydrogen-bond donors (Lipinski definition) is 0. The van der Waals surface area contributed by atoms with Gasteiger partial charge >= 0.3 is 5.97 Å². The van der Waals surface area contributed by atoms with Crippen LogP contribution in [0.1, 0.15) is 16.8 Å². The SMILES string of the molecule is COC(=O)c1ccc(Br)c(N2CC(S(=O)(=O)Cl)CC2=O)c1. The summed E-state index contributed by atoms with van der Waals surface area (Å²) in [5.74, 6) is -0.913. The molecule has 1 saturated heterocycles. The van der Waals surface area contributed by atoms with E-state index in [4.69, 9.17) is 10.7 Å². The maximum atomic E-state index is 12.0. The van der Waals surface area contributed by atoms with E-state index in [0.717, 1.165) is 0 Å². The quantitative estimate of drug-likeness (QED) is 0.576. The number of rotatable bonds is 3. The Labute approximate surface area is 134 Å². The molecule has 1 unspecified atom stereocenters. The number of anilines is 1. The zero-order valence-corrected chi connectivity index (χ0v) is 14.0. The number of carbonyl (C=O) groups excluding carboxylic acids is 2. The number of methoxy groups -OCH3 is 1. The van der Waals surface area contributed by atoms with Gasteiger partial charge in [-0.1, -0.05) is 0 Å². The standard InChI is InChI=1S/C12H11BrClNO5S/c1-20-12(17)7-2-3-9(13)10(4-7)15-6-8(5-11(15)16)21(14,18)19/h2-4,8H,5-6H2,1H3. The summed E-state index contributed by atoms with van der Waals surface area (Å²) < 4.78 is 27.9. The van der Waals surface area contributed by atoms with Crippen molar-refractivity contribution in [3.63, 3.8) is 0 Å². The third kappa shape index (κ3) is 3.38. The Hall–Kier alpha value is -1.12. The lowest BCUT2D eigenvalue weighted by molar-refractivity contribution is -0.117. The summed E-state index contributed by atoms with van der Waals surface area (Å²) in [5.41, 5.74) is 0.673. The molecule has 1 aliphatic rings. The Kier molecular flexibility index (Phi) is 4.60. The molecule has 1 aromatic carbocycles. The molecule has 9 heteroatoms. The molecule has 1 aromatic rings. The van der Waals surface area contributed by atoms with Gasteiger partial charge in [-0.2, -0.15) is 0 Å². The van der Waals surface area contributed by atoms with E-state index in [1.165, 1.54) is 24.1 Å². The van der Waals surface area contributed by atoms with Crippen molar-refractivity contribution in [1.29, 1.82) is 0 Å². The highest BCUT2D eigenvalue weighted by Gasteiger charge is 2.38. The molecule has 0 spiro atoms. The van der Waals surface area contributed by atoms with E-state index in [-0.39, 0.29) is 24.4 Å². The van der Waals surface area contributed by atoms with Crippen LogP contribution in [0.2, 0.25) is 0 Å². The summed E-state index contributed by atoms with van der Waals surface area (Å²) in [5, 5.41) is -0.958. The predicted molar refractivity (Wildman–Crippen MR) is 81.0 cm³/mol. The van der Waals surface area contributed by atoms with Crippen LogP contribution < -0.4 is 4.90 Å². The van der Waals surface area contributed by atoms with E-state index < -0.39 is 20.3 Å². The van der Waals surface area contributed by atoms with Gasteiger partial charge in [-0.3, -0.25) is 4.79 Å². The summed E-state index contributed by atoms with van der Waals surface area (Å²) in [6, 6.07) is 4.60. The molecule has 114 valence electrons. The molecule has 6 nitrogen and oxygen atoms in total. The molecule has 1 aliphatic heterocycles. The largest absolute Gasteiger partial charge is 0.465 e. The van der Waals surface area contributed by atoms with Crippen LogP contribution in [0.4, 0.5) is 5.69 Å². The molecule has 0 N–H and O–H groups in total. The maximum absolute atomic E-state index is 12.0. The van der Waals surface area contributed by atoms with Gasteiger partial charge in [0.2, 0.25) is 15.0 Å². The van der Waals surface area contributed by atoms with Gasteiger partial charge in [0.1, 0.15) is 5.25 Å². The highest BCUT2D eigenvalue weighted by molar-refractivity contribution is 9.10. The molecule has 21 heavy (non-hydrogen) atoms. The summed E-state index contributed by atoms with van der Waals surface area (Å²) in [6.45, 7) is -0.0477. The van der Waals surface area contributed by atoms with E-state index >= 15 is 0 Å². The Bertz CT molecular complexity index is 706. The van der Waals surface area contributed by atoms with Crippen molar-refractivity contribution in [2.24, 2.45) is 0 Å². The summed E-state index contributed by atoms with van der Waals surface area (Å²) in [6.07, 6.45) is -0.180. The summed E-state index contributed by atoms with van der Waals surface area (Å²) in [7, 11) is 2.74. The van der Waals surface area contributed by atoms with Crippen molar-refractivity contribution in [3.05, 3.63) is 28.2 Å². The minimum atomic E-state index is -3.82. The first-order chi connectivity index (χ1) is 9.74. The molecule has 1 amide bonds. The lowest BCUT2D eigenvalue weighted by atomic mass is 10.2. The summed E-state index contributed by atoms with van der Waals surface area (Å²) in [4.78, 5) is 24.8. The molecule has 1 heterocycles. The monoisotopic (exact) mass is 395 g/mol. The number of benzene rings is 1. The van der Waals surface area contributed by atoms with Crippen LogP contribution in [-0.4, -0.2) is 39.2 Å². The van der Waals surface area contributed by atoms with E-state index in [9.17, 15) is 18.0 Å². The third-order valence-electron chi connectivity index (χ3n) is 3.15. The minimum Gasteiger partial charge on any atom is -0.465 e. The Balaban J connectivity index is 2.38. The van der Waals surface area contributed by atoms with E-state index in [1.807, 2.05) is 0 Å². The van der Waals surface area contributed by atoms with Crippen LogP contribution in [0, 0.1) is 0 Å². The number of amides is 1. The van der Waals surface area contributed by atoms with Crippen molar-refractivity contribution in [2.75, 3.05) is 18.6 Å². The lowest BCUT2D eigenvalue weighted by Gasteiger charge is -2.18. The van der Waals surface area contributed by atoms with Crippen molar-refractivity contribution < 1.29 is 22.7 Å². The number of ether oxygens (including phenoxy) is 1. The normalized spacial score (nSPS) is 18.9. The lowest BCUT2D eigenvalue weighted by Crippen LogP contribution is -2.27. The minimum absolute atomic E-state index is 0.0477. The predicted octanol–water partition coefficient (Wildman–Crippen LogP) is 1.91. The Morgan fingerprint density at radius 2 is 2.14 bits per heavy atom. The van der Waals surface area contributed by atoms with Crippen LogP contribution in [0.25, 0.3) is 0 Å². The molecular weight excluding hydrogens is 386 g/mol. The smallest absolute Gasteiger partial charge is 0.337 e. The second-order valence-corrected chi connectivity index (χ2v) is 8.23. The highest BCUT2D eigenvalue weighted by Crippen LogP contribution is 2.33. The first kappa shape index (κ1) is 16.3. The molecule has 1 atom stereocenters. The molecule has 0 radical (unpaired) electrons. The Morgan fingerprint density at radius 1 is 1.48 bits per heavy atom. The molecular formula is C12H11BrClNO5S. The topological polar surface area (TPSA) is 80.8 Å². The Morgan fingerprint density at radius 3 is 2.67 bits per heavy atom. The van der Waals surface area contributed by atoms with Gasteiger partial charge in [0.15, 0.2) is 0 Å². The van der Waals surface area contributed by atoms with Crippen LogP contribution in [0.15, 0.2) is 22.7 Å². The van der Waals surface area contributed by atoms with Crippen LogP contribution >= 0.6 is 26.6 Å². The van der Waals surface area contributed by atoms with Crippen LogP contribution in [-0.2, 0) is 18.6 Å². The van der Waals surface area contributed by atoms with Gasteiger partial charge in [-0.05, 0) is 34.1 Å².